The Morgan fingerprint density at radius 3 is 2.26 bits per heavy atom. The zero-order chi connectivity index (χ0) is 40.4. The molecule has 1 amide bonds. The van der Waals surface area contributed by atoms with Crippen LogP contribution in [0, 0.1) is 29.5 Å². The van der Waals surface area contributed by atoms with E-state index >= 15 is 4.39 Å². The quantitative estimate of drug-likeness (QED) is 0.189. The lowest BCUT2D eigenvalue weighted by atomic mass is 9.56. The summed E-state index contributed by atoms with van der Waals surface area (Å²) in [6.07, 6.45) is 6.90. The predicted molar refractivity (Wildman–Crippen MR) is 222 cm³/mol. The van der Waals surface area contributed by atoms with Crippen LogP contribution in [0.15, 0.2) is 65.6 Å². The summed E-state index contributed by atoms with van der Waals surface area (Å²) < 4.78 is 52.5. The summed E-state index contributed by atoms with van der Waals surface area (Å²) in [5, 5.41) is -0.606. The summed E-state index contributed by atoms with van der Waals surface area (Å²) in [7, 11) is -2.08. The van der Waals surface area contributed by atoms with Gasteiger partial charge in [0.05, 0.1) is 25.2 Å². The van der Waals surface area contributed by atoms with Crippen LogP contribution < -0.4 is 4.90 Å². The van der Waals surface area contributed by atoms with Crippen molar-refractivity contribution in [1.29, 1.82) is 0 Å². The first-order valence-corrected chi connectivity index (χ1v) is 23.2. The number of likely N-dealkylation sites (tertiary alicyclic amines) is 3. The van der Waals surface area contributed by atoms with E-state index in [1.165, 1.54) is 13.5 Å². The highest BCUT2D eigenvalue weighted by atomic mass is 32.2. The fourth-order valence-corrected chi connectivity index (χ4v) is 12.7. The number of sulfone groups is 1. The number of methoxy groups -OCH3 is 1. The second kappa shape index (κ2) is 17.7. The van der Waals surface area contributed by atoms with Crippen LogP contribution in [0.25, 0.3) is 0 Å². The molecule has 6 aliphatic rings. The topological polar surface area (TPSA) is 103 Å². The fraction of sp³-hybridized carbons (Fsp3) is 0.644. The van der Waals surface area contributed by atoms with E-state index in [1.807, 2.05) is 18.2 Å². The standard InChI is InChI=1S/C45H62FN5O6S/c1-33(26-48-20-22-57-23-21-48)44(53)51-30-41(31-51)58(54,55)40-12-10-39(11-13-40)50-28-34(29-50)27-47-18-14-36(15-19-47)45(32-49-16-5-17-49,37-7-4-8-38(46)25-37)42-9-3-6-35(42)24-43(52)56-2/h4,7-8,10-13,25,34-36,41-42H,1,3,5-6,9,14-24,26-32H2,2H3/t35-,42+,45+/m1/s1. The van der Waals surface area contributed by atoms with Crippen molar-refractivity contribution in [3.05, 3.63) is 72.1 Å². The molecular formula is C45H62FN5O6S. The predicted octanol–water partition coefficient (Wildman–Crippen LogP) is 4.47. The van der Waals surface area contributed by atoms with Gasteiger partial charge in [-0.1, -0.05) is 25.1 Å². The summed E-state index contributed by atoms with van der Waals surface area (Å²) in [5.41, 5.74) is 2.41. The highest BCUT2D eigenvalue weighted by Gasteiger charge is 2.53. The lowest BCUT2D eigenvalue weighted by Crippen LogP contribution is -2.58. The number of halogens is 1. The number of ether oxygens (including phenoxy) is 2. The van der Waals surface area contributed by atoms with Crippen LogP contribution >= 0.6 is 0 Å². The van der Waals surface area contributed by atoms with Crippen molar-refractivity contribution in [2.75, 3.05) is 110 Å². The molecule has 1 aliphatic carbocycles. The van der Waals surface area contributed by atoms with Crippen LogP contribution in [-0.2, 0) is 34.3 Å². The van der Waals surface area contributed by atoms with Gasteiger partial charge >= 0.3 is 5.97 Å². The van der Waals surface area contributed by atoms with Gasteiger partial charge in [-0.2, -0.15) is 0 Å². The second-order valence-electron chi connectivity index (χ2n) is 18.0. The Labute approximate surface area is 344 Å². The summed E-state index contributed by atoms with van der Waals surface area (Å²) in [4.78, 5) is 37.1. The van der Waals surface area contributed by atoms with Gasteiger partial charge in [-0.25, -0.2) is 12.8 Å². The van der Waals surface area contributed by atoms with Gasteiger partial charge in [-0.05, 0) is 118 Å². The Bertz CT molecular complexity index is 1880. The number of rotatable bonds is 15. The third-order valence-electron chi connectivity index (χ3n) is 14.5. The van der Waals surface area contributed by atoms with Crippen LogP contribution in [-0.4, -0.2) is 151 Å². The largest absolute Gasteiger partial charge is 0.469 e. The fourth-order valence-electron chi connectivity index (χ4n) is 11.1. The first-order chi connectivity index (χ1) is 28.0. The van der Waals surface area contributed by atoms with Crippen molar-refractivity contribution < 1.29 is 31.9 Å². The molecule has 3 atom stereocenters. The van der Waals surface area contributed by atoms with Crippen molar-refractivity contribution in [2.24, 2.45) is 23.7 Å². The van der Waals surface area contributed by atoms with Gasteiger partial charge in [-0.3, -0.25) is 14.5 Å². The van der Waals surface area contributed by atoms with Crippen molar-refractivity contribution in [1.82, 2.24) is 19.6 Å². The summed E-state index contributed by atoms with van der Waals surface area (Å²) in [5.74, 6) is 0.972. The minimum absolute atomic E-state index is 0.142. The molecule has 11 nitrogen and oxygen atoms in total. The number of esters is 1. The van der Waals surface area contributed by atoms with Crippen LogP contribution in [0.3, 0.4) is 0 Å². The second-order valence-corrected chi connectivity index (χ2v) is 20.2. The Morgan fingerprint density at radius 1 is 0.879 bits per heavy atom. The third-order valence-corrected chi connectivity index (χ3v) is 16.6. The monoisotopic (exact) mass is 819 g/mol. The lowest BCUT2D eigenvalue weighted by Gasteiger charge is -2.54. The molecule has 2 aromatic rings. The maximum Gasteiger partial charge on any atom is 0.305 e. The smallest absolute Gasteiger partial charge is 0.305 e. The van der Waals surface area contributed by atoms with E-state index in [9.17, 15) is 18.0 Å². The molecule has 0 bridgehead atoms. The highest BCUT2D eigenvalue weighted by Crippen LogP contribution is 2.54. The number of anilines is 1. The number of hydrogen-bond acceptors (Lipinski definition) is 10. The van der Waals surface area contributed by atoms with Gasteiger partial charge in [0.25, 0.3) is 5.91 Å². The molecule has 0 radical (unpaired) electrons. The van der Waals surface area contributed by atoms with Gasteiger partial charge < -0.3 is 29.1 Å². The van der Waals surface area contributed by atoms with Gasteiger partial charge in [-0.15, -0.1) is 0 Å². The van der Waals surface area contributed by atoms with Gasteiger partial charge in [0.2, 0.25) is 0 Å². The summed E-state index contributed by atoms with van der Waals surface area (Å²) in [6.45, 7) is 15.6. The molecule has 0 unspecified atom stereocenters. The normalized spacial score (nSPS) is 25.4. The van der Waals surface area contributed by atoms with Crippen molar-refractivity contribution in [2.45, 2.75) is 60.5 Å². The average Bonchev–Trinajstić information content (AvgIpc) is 3.64. The van der Waals surface area contributed by atoms with Gasteiger partial charge in [0.15, 0.2) is 9.84 Å². The molecule has 5 aliphatic heterocycles. The number of hydrogen-bond donors (Lipinski definition) is 0. The van der Waals surface area contributed by atoms with E-state index < -0.39 is 15.1 Å². The van der Waals surface area contributed by atoms with E-state index in [0.717, 1.165) is 109 Å². The molecule has 0 spiro atoms. The van der Waals surface area contributed by atoms with Gasteiger partial charge in [0.1, 0.15) is 11.1 Å². The minimum atomic E-state index is -3.56. The molecule has 1 saturated carbocycles. The zero-order valence-electron chi connectivity index (χ0n) is 34.2. The molecule has 0 aromatic heterocycles. The molecule has 8 rings (SSSR count). The van der Waals surface area contributed by atoms with Crippen molar-refractivity contribution in [3.63, 3.8) is 0 Å². The molecule has 13 heteroatoms. The molecule has 5 saturated heterocycles. The molecule has 2 aromatic carbocycles. The maximum atomic E-state index is 15.0. The van der Waals surface area contributed by atoms with E-state index in [-0.39, 0.29) is 42.1 Å². The molecule has 316 valence electrons. The molecule has 5 heterocycles. The summed E-state index contributed by atoms with van der Waals surface area (Å²) >= 11 is 0. The van der Waals surface area contributed by atoms with E-state index in [4.69, 9.17) is 9.47 Å². The minimum Gasteiger partial charge on any atom is -0.469 e. The highest BCUT2D eigenvalue weighted by molar-refractivity contribution is 7.92. The molecular weight excluding hydrogens is 758 g/mol. The molecule has 6 fully saturated rings. The lowest BCUT2D eigenvalue weighted by molar-refractivity contribution is -0.142. The van der Waals surface area contributed by atoms with E-state index in [0.29, 0.717) is 54.4 Å². The van der Waals surface area contributed by atoms with E-state index in [2.05, 4.69) is 32.2 Å². The number of benzene rings is 2. The van der Waals surface area contributed by atoms with E-state index in [1.54, 1.807) is 29.2 Å². The SMILES string of the molecule is C=C(CN1CCOCC1)C(=O)N1CC(S(=O)(=O)c2ccc(N3CC(CN4CCC([C@@](CN5CCC5)(c5cccc(F)c5)[C@H]5CCC[C@@H]5CC(=O)OC)CC4)C3)cc2)C1. The number of morpholine rings is 1. The number of nitrogens with zero attached hydrogens (tertiary/aromatic N) is 5. The Kier molecular flexibility index (Phi) is 12.6. The number of amides is 1. The number of piperidine rings is 1. The molecule has 58 heavy (non-hydrogen) atoms. The van der Waals surface area contributed by atoms with Crippen LogP contribution in [0.1, 0.15) is 50.5 Å². The first-order valence-electron chi connectivity index (χ1n) is 21.7. The van der Waals surface area contributed by atoms with Crippen LogP contribution in [0.2, 0.25) is 0 Å². The molecule has 0 N–H and O–H groups in total. The summed E-state index contributed by atoms with van der Waals surface area (Å²) in [6, 6.07) is 14.7. The van der Waals surface area contributed by atoms with Crippen LogP contribution in [0.5, 0.6) is 0 Å². The van der Waals surface area contributed by atoms with Crippen molar-refractivity contribution >= 4 is 27.4 Å². The maximum absolute atomic E-state index is 15.0. The van der Waals surface area contributed by atoms with Crippen molar-refractivity contribution in [3.8, 4) is 0 Å². The van der Waals surface area contributed by atoms with Crippen LogP contribution in [0.4, 0.5) is 10.1 Å². The average molecular weight is 820 g/mol. The first kappa shape index (κ1) is 41.4. The Morgan fingerprint density at radius 2 is 1.60 bits per heavy atom. The number of carbonyl (C=O) groups is 2. The Balaban J connectivity index is 0.846. The number of carbonyl (C=O) groups excluding carboxylic acids is 2. The third kappa shape index (κ3) is 8.62. The Hall–Kier alpha value is -3.36. The van der Waals surface area contributed by atoms with Gasteiger partial charge in [0, 0.05) is 87.9 Å². The zero-order valence-corrected chi connectivity index (χ0v) is 35.1.